The SMILES string of the molecule is NC(=O)CC(CC(=O)OCC1C(=O)N2C(C(=O)O)=CCS[C@@H]12)CC(=O)C(=O)O. The number of Topliss-reactive ketones (excluding diaryl/α,β-unsaturated/α-hetero) is 1. The molecule has 0 aromatic heterocycles. The Morgan fingerprint density at radius 2 is 1.89 bits per heavy atom. The van der Waals surface area contributed by atoms with Crippen LogP contribution < -0.4 is 5.73 Å². The van der Waals surface area contributed by atoms with Crippen LogP contribution in [-0.4, -0.2) is 68.4 Å². The van der Waals surface area contributed by atoms with Crippen molar-refractivity contribution in [2.24, 2.45) is 17.6 Å². The number of nitrogens with zero attached hydrogens (tertiary/aromatic N) is 1. The van der Waals surface area contributed by atoms with Gasteiger partial charge in [0.05, 0.1) is 5.37 Å². The number of hydrogen-bond acceptors (Lipinski definition) is 8. The van der Waals surface area contributed by atoms with Crippen molar-refractivity contribution in [1.29, 1.82) is 0 Å². The van der Waals surface area contributed by atoms with E-state index in [4.69, 9.17) is 20.7 Å². The first kappa shape index (κ1) is 21.4. The molecule has 0 saturated carbocycles. The summed E-state index contributed by atoms with van der Waals surface area (Å²) < 4.78 is 5.04. The fraction of sp³-hybridized carbons (Fsp3) is 0.500. The lowest BCUT2D eigenvalue weighted by molar-refractivity contribution is -0.160. The molecule has 2 unspecified atom stereocenters. The molecule has 0 aromatic carbocycles. The number of carboxylic acid groups (broad SMARTS) is 2. The number of aliphatic carboxylic acids is 2. The van der Waals surface area contributed by atoms with Crippen molar-refractivity contribution in [3.05, 3.63) is 11.8 Å². The maximum Gasteiger partial charge on any atom is 0.372 e. The third kappa shape index (κ3) is 4.88. The average Bonchev–Trinajstić information content (AvgIpc) is 2.59. The van der Waals surface area contributed by atoms with Gasteiger partial charge in [-0.05, 0) is 12.0 Å². The number of rotatable bonds is 10. The number of β-lactam (4-membered cyclic amide) rings is 1. The van der Waals surface area contributed by atoms with Gasteiger partial charge in [0.25, 0.3) is 0 Å². The average molecular weight is 414 g/mol. The number of amides is 2. The largest absolute Gasteiger partial charge is 0.477 e. The van der Waals surface area contributed by atoms with Crippen molar-refractivity contribution >= 4 is 47.3 Å². The van der Waals surface area contributed by atoms with Crippen LogP contribution in [0, 0.1) is 11.8 Å². The van der Waals surface area contributed by atoms with Crippen LogP contribution in [0.5, 0.6) is 0 Å². The molecule has 4 N–H and O–H groups in total. The molecule has 3 atom stereocenters. The number of carboxylic acids is 2. The molecule has 12 heteroatoms. The molecule has 152 valence electrons. The molecule has 0 radical (unpaired) electrons. The molecule has 2 rings (SSSR count). The summed E-state index contributed by atoms with van der Waals surface area (Å²) in [6.07, 6.45) is 0.104. The minimum absolute atomic E-state index is 0.106. The Morgan fingerprint density at radius 1 is 1.21 bits per heavy atom. The van der Waals surface area contributed by atoms with Gasteiger partial charge in [-0.15, -0.1) is 11.8 Å². The minimum atomic E-state index is -1.68. The summed E-state index contributed by atoms with van der Waals surface area (Å²) in [5.74, 6) is -7.37. The van der Waals surface area contributed by atoms with E-state index in [0.717, 1.165) is 4.90 Å². The smallest absolute Gasteiger partial charge is 0.372 e. The summed E-state index contributed by atoms with van der Waals surface area (Å²) in [7, 11) is 0. The number of carbonyl (C=O) groups is 6. The number of fused-ring (bicyclic) bond motifs is 1. The van der Waals surface area contributed by atoms with Gasteiger partial charge in [-0.1, -0.05) is 0 Å². The van der Waals surface area contributed by atoms with Gasteiger partial charge >= 0.3 is 17.9 Å². The lowest BCUT2D eigenvalue weighted by atomic mass is 9.94. The predicted octanol–water partition coefficient (Wildman–Crippen LogP) is -1.05. The second-order valence-corrected chi connectivity index (χ2v) is 7.44. The summed E-state index contributed by atoms with van der Waals surface area (Å²) in [5.41, 5.74) is 4.94. The first-order chi connectivity index (χ1) is 13.1. The Bertz CT molecular complexity index is 763. The number of esters is 1. The van der Waals surface area contributed by atoms with Crippen molar-refractivity contribution in [2.75, 3.05) is 12.4 Å². The third-order valence-electron chi connectivity index (χ3n) is 4.26. The summed E-state index contributed by atoms with van der Waals surface area (Å²) in [6.45, 7) is -0.283. The highest BCUT2D eigenvalue weighted by molar-refractivity contribution is 8.00. The summed E-state index contributed by atoms with van der Waals surface area (Å²) >= 11 is 1.33. The van der Waals surface area contributed by atoms with Crippen LogP contribution >= 0.6 is 11.8 Å². The summed E-state index contributed by atoms with van der Waals surface area (Å²) in [4.78, 5) is 69.4. The quantitative estimate of drug-likeness (QED) is 0.227. The van der Waals surface area contributed by atoms with Crippen LogP contribution in [0.4, 0.5) is 0 Å². The van der Waals surface area contributed by atoms with Gasteiger partial charge < -0.3 is 20.7 Å². The zero-order valence-corrected chi connectivity index (χ0v) is 15.3. The fourth-order valence-corrected chi connectivity index (χ4v) is 4.21. The molecule has 0 aromatic rings. The Kier molecular flexibility index (Phi) is 6.78. The topological polar surface area (TPSA) is 181 Å². The lowest BCUT2D eigenvalue weighted by Crippen LogP contribution is -2.62. The van der Waals surface area contributed by atoms with Gasteiger partial charge in [0.15, 0.2) is 0 Å². The maximum atomic E-state index is 12.2. The second-order valence-electron chi connectivity index (χ2n) is 6.29. The van der Waals surface area contributed by atoms with Crippen LogP contribution in [0.3, 0.4) is 0 Å². The highest BCUT2D eigenvalue weighted by Gasteiger charge is 2.52. The van der Waals surface area contributed by atoms with Crippen molar-refractivity contribution in [3.8, 4) is 0 Å². The number of hydrogen-bond donors (Lipinski definition) is 3. The summed E-state index contributed by atoms with van der Waals surface area (Å²) in [6, 6.07) is 0. The molecule has 11 nitrogen and oxygen atoms in total. The first-order valence-electron chi connectivity index (χ1n) is 8.20. The van der Waals surface area contributed by atoms with Crippen LogP contribution in [0.15, 0.2) is 11.8 Å². The molecule has 2 aliphatic heterocycles. The Labute approximate surface area is 162 Å². The van der Waals surface area contributed by atoms with E-state index in [1.54, 1.807) is 0 Å². The van der Waals surface area contributed by atoms with E-state index in [1.165, 1.54) is 17.8 Å². The number of primary amides is 1. The van der Waals surface area contributed by atoms with Crippen molar-refractivity contribution < 1.29 is 43.7 Å². The van der Waals surface area contributed by atoms with Gasteiger partial charge in [-0.2, -0.15) is 0 Å². The normalized spacial score (nSPS) is 21.6. The molecule has 2 aliphatic rings. The molecule has 0 bridgehead atoms. The maximum absolute atomic E-state index is 12.2. The van der Waals surface area contributed by atoms with Crippen molar-refractivity contribution in [2.45, 2.75) is 24.6 Å². The highest BCUT2D eigenvalue weighted by Crippen LogP contribution is 2.41. The Morgan fingerprint density at radius 3 is 2.46 bits per heavy atom. The Hall–Kier alpha value is -2.89. The van der Waals surface area contributed by atoms with Crippen LogP contribution in [0.1, 0.15) is 19.3 Å². The van der Waals surface area contributed by atoms with E-state index in [1.807, 2.05) is 0 Å². The second kappa shape index (κ2) is 8.87. The van der Waals surface area contributed by atoms with E-state index >= 15 is 0 Å². The molecule has 2 amide bonds. The van der Waals surface area contributed by atoms with Crippen LogP contribution in [0.25, 0.3) is 0 Å². The van der Waals surface area contributed by atoms with Crippen molar-refractivity contribution in [1.82, 2.24) is 4.90 Å². The van der Waals surface area contributed by atoms with Gasteiger partial charge in [0.2, 0.25) is 17.6 Å². The highest BCUT2D eigenvalue weighted by atomic mass is 32.2. The zero-order valence-electron chi connectivity index (χ0n) is 14.5. The molecule has 1 saturated heterocycles. The van der Waals surface area contributed by atoms with Gasteiger partial charge in [-0.3, -0.25) is 24.1 Å². The van der Waals surface area contributed by atoms with E-state index < -0.39 is 65.6 Å². The number of nitrogens with two attached hydrogens (primary N) is 1. The lowest BCUT2D eigenvalue weighted by Gasteiger charge is -2.47. The number of ether oxygens (including phenoxy) is 1. The van der Waals surface area contributed by atoms with E-state index in [-0.39, 0.29) is 18.7 Å². The van der Waals surface area contributed by atoms with Crippen molar-refractivity contribution in [3.63, 3.8) is 0 Å². The molecule has 0 aliphatic carbocycles. The molecular weight excluding hydrogens is 396 g/mol. The number of carbonyl (C=O) groups excluding carboxylic acids is 4. The van der Waals surface area contributed by atoms with E-state index in [0.29, 0.717) is 5.75 Å². The summed E-state index contributed by atoms with van der Waals surface area (Å²) in [5, 5.41) is 17.3. The monoisotopic (exact) mass is 414 g/mol. The first-order valence-corrected chi connectivity index (χ1v) is 9.24. The zero-order chi connectivity index (χ0) is 21.0. The Balaban J connectivity index is 1.89. The van der Waals surface area contributed by atoms with E-state index in [9.17, 15) is 28.8 Å². The van der Waals surface area contributed by atoms with Crippen LogP contribution in [0.2, 0.25) is 0 Å². The molecule has 28 heavy (non-hydrogen) atoms. The molecule has 1 fully saturated rings. The molecule has 2 heterocycles. The fourth-order valence-electron chi connectivity index (χ4n) is 2.97. The van der Waals surface area contributed by atoms with Gasteiger partial charge in [-0.25, -0.2) is 9.59 Å². The van der Waals surface area contributed by atoms with Crippen LogP contribution in [-0.2, 0) is 33.5 Å². The molecule has 0 spiro atoms. The van der Waals surface area contributed by atoms with Gasteiger partial charge in [0.1, 0.15) is 18.2 Å². The van der Waals surface area contributed by atoms with E-state index in [2.05, 4.69) is 0 Å². The standard InChI is InChI=1S/C16H18N2O9S/c17-11(20)4-7(3-10(19)16(25)26)5-12(21)27-6-8-13(22)18-9(15(23)24)1-2-28-14(8)18/h1,7-8,14H,2-6H2,(H2,17,20)(H,23,24)(H,25,26)/t7?,8?,14-/m0/s1. The predicted molar refractivity (Wildman–Crippen MR) is 92.4 cm³/mol. The minimum Gasteiger partial charge on any atom is -0.477 e. The number of thioether (sulfide) groups is 1. The third-order valence-corrected chi connectivity index (χ3v) is 5.50. The number of ketones is 1. The van der Waals surface area contributed by atoms with Gasteiger partial charge in [0, 0.05) is 25.0 Å². The molecular formula is C16H18N2O9S.